The summed E-state index contributed by atoms with van der Waals surface area (Å²) in [6.45, 7) is 0. The summed E-state index contributed by atoms with van der Waals surface area (Å²) in [5.74, 6) is -1.92. The maximum atomic E-state index is 14.3. The highest BCUT2D eigenvalue weighted by atomic mass is 35.5. The van der Waals surface area contributed by atoms with Crippen LogP contribution in [0.3, 0.4) is 0 Å². The summed E-state index contributed by atoms with van der Waals surface area (Å²) in [6, 6.07) is 30.5. The molecule has 180 valence electrons. The molecule has 0 radical (unpaired) electrons. The fourth-order valence-electron chi connectivity index (χ4n) is 6.62. The maximum Gasteiger partial charge on any atom is 0.239 e. The lowest BCUT2D eigenvalue weighted by molar-refractivity contribution is -0.122. The Bertz CT molecular complexity index is 1580. The van der Waals surface area contributed by atoms with Crippen molar-refractivity contribution in [1.82, 2.24) is 0 Å². The Morgan fingerprint density at radius 3 is 1.97 bits per heavy atom. The number of anilines is 1. The van der Waals surface area contributed by atoms with Gasteiger partial charge in [-0.2, -0.15) is 0 Å². The van der Waals surface area contributed by atoms with E-state index in [-0.39, 0.29) is 17.7 Å². The average Bonchev–Trinajstić information content (AvgIpc) is 3.19. The highest BCUT2D eigenvalue weighted by Crippen LogP contribution is 2.64. The van der Waals surface area contributed by atoms with Gasteiger partial charge in [0.1, 0.15) is 0 Å². The lowest BCUT2D eigenvalue weighted by Crippen LogP contribution is -2.54. The number of benzene rings is 4. The van der Waals surface area contributed by atoms with Crippen molar-refractivity contribution in [2.45, 2.75) is 11.3 Å². The summed E-state index contributed by atoms with van der Waals surface area (Å²) in [7, 11) is 0. The molecule has 4 aliphatic rings. The number of amides is 2. The standard InChI is InChI=1S/C31H20Cl2N2O2/c32-18-13-15-19(16-14-18)34-17-31-22-9-3-1-7-20(22)26(21-8-2-4-10-23(21)31)27-28(31)30(37)35(29(27)36)25-12-6-5-11-24(25)33/h1-17,26-28H/t26?,27-,28+,31?/m1/s1. The molecule has 0 unspecified atom stereocenters. The molecular formula is C31H20Cl2N2O2. The largest absolute Gasteiger partial charge is 0.274 e. The lowest BCUT2D eigenvalue weighted by atomic mass is 9.47. The van der Waals surface area contributed by atoms with Crippen LogP contribution < -0.4 is 4.90 Å². The van der Waals surface area contributed by atoms with Crippen LogP contribution in [0.1, 0.15) is 28.2 Å². The number of halogens is 2. The van der Waals surface area contributed by atoms with Crippen LogP contribution in [0.2, 0.25) is 10.0 Å². The first-order valence-corrected chi connectivity index (χ1v) is 12.9. The van der Waals surface area contributed by atoms with E-state index >= 15 is 0 Å². The second kappa shape index (κ2) is 8.14. The van der Waals surface area contributed by atoms with Gasteiger partial charge in [-0.3, -0.25) is 14.6 Å². The molecule has 0 spiro atoms. The summed E-state index contributed by atoms with van der Waals surface area (Å²) < 4.78 is 0. The van der Waals surface area contributed by atoms with E-state index in [1.807, 2.05) is 42.6 Å². The second-order valence-electron chi connectivity index (χ2n) is 9.72. The van der Waals surface area contributed by atoms with Crippen molar-refractivity contribution in [3.8, 4) is 0 Å². The predicted molar refractivity (Wildman–Crippen MR) is 146 cm³/mol. The number of imide groups is 1. The number of hydrogen-bond donors (Lipinski definition) is 0. The van der Waals surface area contributed by atoms with Gasteiger partial charge in [0.25, 0.3) is 0 Å². The van der Waals surface area contributed by atoms with E-state index in [4.69, 9.17) is 28.2 Å². The number of aliphatic imine (C=N–C) groups is 1. The third-order valence-electron chi connectivity index (χ3n) is 8.02. The van der Waals surface area contributed by atoms with Crippen molar-refractivity contribution in [2.75, 3.05) is 4.90 Å². The minimum atomic E-state index is -0.922. The summed E-state index contributed by atoms with van der Waals surface area (Å²) in [6.07, 6.45) is 1.88. The summed E-state index contributed by atoms with van der Waals surface area (Å²) >= 11 is 12.6. The summed E-state index contributed by atoms with van der Waals surface area (Å²) in [4.78, 5) is 34.7. The molecule has 2 atom stereocenters. The highest BCUT2D eigenvalue weighted by molar-refractivity contribution is 6.36. The van der Waals surface area contributed by atoms with Crippen LogP contribution in [0.25, 0.3) is 0 Å². The first-order chi connectivity index (χ1) is 18.0. The van der Waals surface area contributed by atoms with Crippen molar-refractivity contribution in [1.29, 1.82) is 0 Å². The van der Waals surface area contributed by atoms with E-state index in [1.165, 1.54) is 4.90 Å². The molecule has 2 bridgehead atoms. The van der Waals surface area contributed by atoms with E-state index in [0.29, 0.717) is 15.7 Å². The van der Waals surface area contributed by atoms with Crippen LogP contribution in [-0.4, -0.2) is 18.0 Å². The van der Waals surface area contributed by atoms with Crippen LogP contribution >= 0.6 is 23.2 Å². The van der Waals surface area contributed by atoms with Crippen LogP contribution in [0.5, 0.6) is 0 Å². The molecule has 1 saturated heterocycles. The summed E-state index contributed by atoms with van der Waals surface area (Å²) in [5, 5.41) is 0.993. The Hall–Kier alpha value is -3.73. The Labute approximate surface area is 224 Å². The molecule has 0 aromatic heterocycles. The van der Waals surface area contributed by atoms with Gasteiger partial charge in [-0.25, -0.2) is 4.90 Å². The van der Waals surface area contributed by atoms with E-state index in [9.17, 15) is 9.59 Å². The number of hydrogen-bond acceptors (Lipinski definition) is 3. The van der Waals surface area contributed by atoms with Gasteiger partial charge in [-0.15, -0.1) is 0 Å². The van der Waals surface area contributed by atoms with Crippen molar-refractivity contribution in [2.24, 2.45) is 16.8 Å². The molecule has 1 fully saturated rings. The molecule has 3 aliphatic carbocycles. The van der Waals surface area contributed by atoms with E-state index in [1.54, 1.807) is 36.4 Å². The van der Waals surface area contributed by atoms with Crippen molar-refractivity contribution < 1.29 is 9.59 Å². The Balaban J connectivity index is 1.51. The molecule has 2 amide bonds. The third kappa shape index (κ3) is 3.00. The molecule has 37 heavy (non-hydrogen) atoms. The van der Waals surface area contributed by atoms with Crippen LogP contribution in [0.4, 0.5) is 11.4 Å². The van der Waals surface area contributed by atoms with Gasteiger partial charge >= 0.3 is 0 Å². The fraction of sp³-hybridized carbons (Fsp3) is 0.129. The minimum Gasteiger partial charge on any atom is -0.274 e. The SMILES string of the molecule is O=C1[C@@H]2C3c4ccccc4C(C=Nc4ccc(Cl)cc4)(c4ccccc43)[C@@H]2C(=O)N1c1ccccc1Cl. The van der Waals surface area contributed by atoms with Gasteiger partial charge in [-0.1, -0.05) is 83.9 Å². The van der Waals surface area contributed by atoms with Crippen LogP contribution in [0, 0.1) is 11.8 Å². The van der Waals surface area contributed by atoms with Gasteiger partial charge in [0.15, 0.2) is 0 Å². The minimum absolute atomic E-state index is 0.221. The van der Waals surface area contributed by atoms with Gasteiger partial charge in [0.2, 0.25) is 11.8 Å². The van der Waals surface area contributed by atoms with Crippen molar-refractivity contribution >= 4 is 52.6 Å². The molecule has 4 aromatic carbocycles. The zero-order chi connectivity index (χ0) is 25.3. The highest BCUT2D eigenvalue weighted by Gasteiger charge is 2.68. The average molecular weight is 523 g/mol. The molecule has 8 rings (SSSR count). The molecule has 6 heteroatoms. The Morgan fingerprint density at radius 2 is 1.32 bits per heavy atom. The van der Waals surface area contributed by atoms with Crippen LogP contribution in [-0.2, 0) is 15.0 Å². The molecule has 1 heterocycles. The van der Waals surface area contributed by atoms with E-state index < -0.39 is 17.3 Å². The fourth-order valence-corrected chi connectivity index (χ4v) is 6.97. The van der Waals surface area contributed by atoms with E-state index in [2.05, 4.69) is 24.3 Å². The smallest absolute Gasteiger partial charge is 0.239 e. The van der Waals surface area contributed by atoms with Gasteiger partial charge < -0.3 is 0 Å². The quantitative estimate of drug-likeness (QED) is 0.216. The lowest BCUT2D eigenvalue weighted by Gasteiger charge is -2.52. The topological polar surface area (TPSA) is 49.7 Å². The monoisotopic (exact) mass is 522 g/mol. The summed E-state index contributed by atoms with van der Waals surface area (Å²) in [5.41, 5.74) is 4.37. The second-order valence-corrected chi connectivity index (χ2v) is 10.6. The Kier molecular flexibility index (Phi) is 4.94. The third-order valence-corrected chi connectivity index (χ3v) is 8.59. The number of carbonyl (C=O) groups excluding carboxylic acids is 2. The van der Waals surface area contributed by atoms with Crippen LogP contribution in [0.15, 0.2) is 102 Å². The first-order valence-electron chi connectivity index (χ1n) is 12.1. The molecular weight excluding hydrogens is 503 g/mol. The predicted octanol–water partition coefficient (Wildman–Crippen LogP) is 6.95. The van der Waals surface area contributed by atoms with Gasteiger partial charge in [0, 0.05) is 17.2 Å². The number of para-hydroxylation sites is 1. The molecule has 0 saturated carbocycles. The normalized spacial score (nSPS) is 25.4. The number of rotatable bonds is 3. The Morgan fingerprint density at radius 1 is 0.730 bits per heavy atom. The molecule has 1 aliphatic heterocycles. The van der Waals surface area contributed by atoms with Crippen molar-refractivity contribution in [3.05, 3.63) is 129 Å². The molecule has 4 aromatic rings. The number of nitrogens with zero attached hydrogens (tertiary/aromatic N) is 2. The van der Waals surface area contributed by atoms with Crippen molar-refractivity contribution in [3.63, 3.8) is 0 Å². The zero-order valence-electron chi connectivity index (χ0n) is 19.5. The van der Waals surface area contributed by atoms with Gasteiger partial charge in [-0.05, 0) is 58.7 Å². The maximum absolute atomic E-state index is 14.3. The molecule has 4 nitrogen and oxygen atoms in total. The van der Waals surface area contributed by atoms with E-state index in [0.717, 1.165) is 27.9 Å². The molecule has 0 N–H and O–H groups in total. The first kappa shape index (κ1) is 22.5. The zero-order valence-corrected chi connectivity index (χ0v) is 21.0. The number of carbonyl (C=O) groups is 2. The van der Waals surface area contributed by atoms with Gasteiger partial charge in [0.05, 0.1) is 33.6 Å².